The first kappa shape index (κ1) is 17.3. The molecule has 1 saturated carbocycles. The molecule has 1 aliphatic carbocycles. The fourth-order valence-electron chi connectivity index (χ4n) is 3.03. The lowest BCUT2D eigenvalue weighted by Crippen LogP contribution is -2.45. The maximum absolute atomic E-state index is 12.0. The molecule has 2 amide bonds. The summed E-state index contributed by atoms with van der Waals surface area (Å²) in [5.41, 5.74) is -0.0769. The smallest absolute Gasteiger partial charge is 0.315 e. The largest absolute Gasteiger partial charge is 0.393 e. The van der Waals surface area contributed by atoms with Crippen molar-refractivity contribution in [1.82, 2.24) is 10.6 Å². The van der Waals surface area contributed by atoms with Crippen molar-refractivity contribution in [3.05, 3.63) is 0 Å². The van der Waals surface area contributed by atoms with E-state index in [1.165, 1.54) is 32.1 Å². The fraction of sp³-hybridized carbons (Fsp3) is 0.938. The number of urea groups is 1. The minimum absolute atomic E-state index is 0.0609. The summed E-state index contributed by atoms with van der Waals surface area (Å²) in [6.45, 7) is 6.51. The third-order valence-corrected chi connectivity index (χ3v) is 4.02. The first-order chi connectivity index (χ1) is 9.39. The molecule has 0 aliphatic heterocycles. The van der Waals surface area contributed by atoms with E-state index in [1.807, 2.05) is 0 Å². The van der Waals surface area contributed by atoms with Crippen LogP contribution in [-0.4, -0.2) is 29.8 Å². The second-order valence-electron chi connectivity index (χ2n) is 7.09. The van der Waals surface area contributed by atoms with E-state index in [4.69, 9.17) is 0 Å². The highest BCUT2D eigenvalue weighted by Gasteiger charge is 2.21. The summed E-state index contributed by atoms with van der Waals surface area (Å²) in [6.07, 6.45) is 8.93. The zero-order valence-electron chi connectivity index (χ0n) is 13.4. The molecule has 0 saturated heterocycles. The molecular formula is C16H32N2O2. The molecule has 4 nitrogen and oxygen atoms in total. The van der Waals surface area contributed by atoms with Crippen LogP contribution in [-0.2, 0) is 0 Å². The molecule has 1 unspecified atom stereocenters. The molecule has 0 spiro atoms. The van der Waals surface area contributed by atoms with Gasteiger partial charge < -0.3 is 15.7 Å². The van der Waals surface area contributed by atoms with Crippen LogP contribution in [0, 0.1) is 5.41 Å². The van der Waals surface area contributed by atoms with E-state index in [2.05, 4.69) is 24.5 Å². The van der Waals surface area contributed by atoms with Crippen LogP contribution in [0.4, 0.5) is 4.79 Å². The predicted molar refractivity (Wildman–Crippen MR) is 82.7 cm³/mol. The van der Waals surface area contributed by atoms with Gasteiger partial charge in [-0.2, -0.15) is 0 Å². The molecule has 1 rings (SSSR count). The molecule has 0 aromatic heterocycles. The lowest BCUT2D eigenvalue weighted by atomic mass is 9.87. The van der Waals surface area contributed by atoms with E-state index in [1.54, 1.807) is 6.92 Å². The molecule has 0 aromatic rings. The molecule has 1 fully saturated rings. The standard InChI is InChI=1S/C16H32N2O2/c1-13(19)11-16(2,3)12-17-15(20)18-14-9-7-5-4-6-8-10-14/h13-14,19H,4-12H2,1-3H3,(H2,17,18,20). The van der Waals surface area contributed by atoms with Crippen LogP contribution in [0.1, 0.15) is 72.1 Å². The van der Waals surface area contributed by atoms with Crippen LogP contribution in [0.5, 0.6) is 0 Å². The molecule has 1 aliphatic rings. The summed E-state index contributed by atoms with van der Waals surface area (Å²) < 4.78 is 0. The van der Waals surface area contributed by atoms with Gasteiger partial charge in [-0.3, -0.25) is 0 Å². The summed E-state index contributed by atoms with van der Waals surface area (Å²) in [7, 11) is 0. The molecule has 3 N–H and O–H groups in total. The number of hydrogen-bond donors (Lipinski definition) is 3. The molecule has 1 atom stereocenters. The van der Waals surface area contributed by atoms with Gasteiger partial charge in [0.1, 0.15) is 0 Å². The molecular weight excluding hydrogens is 252 g/mol. The number of aliphatic hydroxyl groups is 1. The van der Waals surface area contributed by atoms with Crippen LogP contribution in [0.25, 0.3) is 0 Å². The Hall–Kier alpha value is -0.770. The van der Waals surface area contributed by atoms with Crippen LogP contribution < -0.4 is 10.6 Å². The maximum atomic E-state index is 12.0. The number of hydrogen-bond acceptors (Lipinski definition) is 2. The molecule has 20 heavy (non-hydrogen) atoms. The third-order valence-electron chi connectivity index (χ3n) is 4.02. The SMILES string of the molecule is CC(O)CC(C)(C)CNC(=O)NC1CCCCCCC1. The summed E-state index contributed by atoms with van der Waals surface area (Å²) >= 11 is 0. The Kier molecular flexibility index (Phi) is 7.35. The van der Waals surface area contributed by atoms with E-state index in [0.717, 1.165) is 12.8 Å². The van der Waals surface area contributed by atoms with Crippen molar-refractivity contribution in [3.63, 3.8) is 0 Å². The van der Waals surface area contributed by atoms with Gasteiger partial charge in [-0.05, 0) is 31.6 Å². The summed E-state index contributed by atoms with van der Waals surface area (Å²) in [6, 6.07) is 0.268. The Morgan fingerprint density at radius 3 is 2.30 bits per heavy atom. The summed E-state index contributed by atoms with van der Waals surface area (Å²) in [4.78, 5) is 12.0. The van der Waals surface area contributed by atoms with E-state index in [-0.39, 0.29) is 17.6 Å². The molecule has 0 aromatic carbocycles. The van der Waals surface area contributed by atoms with Crippen molar-refractivity contribution < 1.29 is 9.90 Å². The summed E-state index contributed by atoms with van der Waals surface area (Å²) in [5, 5.41) is 15.5. The van der Waals surface area contributed by atoms with Crippen LogP contribution in [0.15, 0.2) is 0 Å². The zero-order valence-corrected chi connectivity index (χ0v) is 13.4. The van der Waals surface area contributed by atoms with Gasteiger partial charge in [-0.1, -0.05) is 46.0 Å². The quantitative estimate of drug-likeness (QED) is 0.726. The average molecular weight is 284 g/mol. The van der Waals surface area contributed by atoms with Gasteiger partial charge in [0.25, 0.3) is 0 Å². The minimum Gasteiger partial charge on any atom is -0.393 e. The molecule has 4 heteroatoms. The Morgan fingerprint density at radius 1 is 1.20 bits per heavy atom. The molecule has 118 valence electrons. The predicted octanol–water partition coefficient (Wildman–Crippen LogP) is 3.20. The van der Waals surface area contributed by atoms with Crippen molar-refractivity contribution in [2.45, 2.75) is 84.3 Å². The first-order valence-electron chi connectivity index (χ1n) is 8.11. The molecule has 0 radical (unpaired) electrons. The van der Waals surface area contributed by atoms with Gasteiger partial charge in [0.15, 0.2) is 0 Å². The number of carbonyl (C=O) groups is 1. The average Bonchev–Trinajstić information content (AvgIpc) is 2.28. The fourth-order valence-corrected chi connectivity index (χ4v) is 3.03. The topological polar surface area (TPSA) is 61.4 Å². The van der Waals surface area contributed by atoms with Gasteiger partial charge >= 0.3 is 6.03 Å². The number of carbonyl (C=O) groups excluding carboxylic acids is 1. The highest BCUT2D eigenvalue weighted by molar-refractivity contribution is 5.74. The molecule has 0 bridgehead atoms. The lowest BCUT2D eigenvalue weighted by Gasteiger charge is -2.27. The number of nitrogens with one attached hydrogen (secondary N) is 2. The maximum Gasteiger partial charge on any atom is 0.315 e. The van der Waals surface area contributed by atoms with Crippen LogP contribution in [0.2, 0.25) is 0 Å². The van der Waals surface area contributed by atoms with Gasteiger partial charge in [-0.15, -0.1) is 0 Å². The zero-order chi connectivity index (χ0) is 15.0. The second-order valence-corrected chi connectivity index (χ2v) is 7.09. The van der Waals surface area contributed by atoms with Crippen LogP contribution >= 0.6 is 0 Å². The Labute approximate surface area is 123 Å². The van der Waals surface area contributed by atoms with E-state index < -0.39 is 0 Å². The first-order valence-corrected chi connectivity index (χ1v) is 8.11. The van der Waals surface area contributed by atoms with Gasteiger partial charge in [0.2, 0.25) is 0 Å². The minimum atomic E-state index is -0.333. The van der Waals surface area contributed by atoms with Crippen molar-refractivity contribution in [3.8, 4) is 0 Å². The van der Waals surface area contributed by atoms with Crippen molar-refractivity contribution in [1.29, 1.82) is 0 Å². The summed E-state index contributed by atoms with van der Waals surface area (Å²) in [5.74, 6) is 0. The van der Waals surface area contributed by atoms with Crippen molar-refractivity contribution in [2.75, 3.05) is 6.54 Å². The Balaban J connectivity index is 2.27. The molecule has 0 heterocycles. The van der Waals surface area contributed by atoms with Crippen LogP contribution in [0.3, 0.4) is 0 Å². The number of amides is 2. The highest BCUT2D eigenvalue weighted by Crippen LogP contribution is 2.21. The number of aliphatic hydroxyl groups excluding tert-OH is 1. The van der Waals surface area contributed by atoms with E-state index >= 15 is 0 Å². The number of rotatable bonds is 5. The van der Waals surface area contributed by atoms with Gasteiger partial charge in [0, 0.05) is 12.6 Å². The van der Waals surface area contributed by atoms with Gasteiger partial charge in [0.05, 0.1) is 6.10 Å². The highest BCUT2D eigenvalue weighted by atomic mass is 16.3. The Bertz CT molecular complexity index is 282. The lowest BCUT2D eigenvalue weighted by molar-refractivity contribution is 0.128. The normalized spacial score (nSPS) is 19.8. The van der Waals surface area contributed by atoms with E-state index in [9.17, 15) is 9.90 Å². The van der Waals surface area contributed by atoms with E-state index in [0.29, 0.717) is 19.0 Å². The second kappa shape index (κ2) is 8.50. The van der Waals surface area contributed by atoms with Crippen molar-refractivity contribution >= 4 is 6.03 Å². The van der Waals surface area contributed by atoms with Crippen molar-refractivity contribution in [2.24, 2.45) is 5.41 Å². The third kappa shape index (κ3) is 7.73. The Morgan fingerprint density at radius 2 is 1.75 bits per heavy atom. The van der Waals surface area contributed by atoms with Gasteiger partial charge in [-0.25, -0.2) is 4.79 Å². The monoisotopic (exact) mass is 284 g/mol.